The molecule has 4 aliphatic rings. The Morgan fingerprint density at radius 3 is 3.00 bits per heavy atom. The lowest BCUT2D eigenvalue weighted by Gasteiger charge is -2.42. The van der Waals surface area contributed by atoms with Gasteiger partial charge in [0, 0.05) is 17.3 Å². The average Bonchev–Trinajstić information content (AvgIpc) is 2.79. The Kier molecular flexibility index (Phi) is 1.54. The molecule has 0 saturated heterocycles. The number of rotatable bonds is 0. The first-order chi connectivity index (χ1) is 7.95. The summed E-state index contributed by atoms with van der Waals surface area (Å²) in [5.74, 6) is 0.697. The molecule has 4 rings (SSSR count). The maximum Gasteiger partial charge on any atom is 0.143 e. The lowest BCUT2D eigenvalue weighted by Crippen LogP contribution is -2.51. The van der Waals surface area contributed by atoms with Gasteiger partial charge in [-0.2, -0.15) is 0 Å². The smallest absolute Gasteiger partial charge is 0.143 e. The van der Waals surface area contributed by atoms with Crippen LogP contribution < -0.4 is 0 Å². The molecule has 17 heavy (non-hydrogen) atoms. The van der Waals surface area contributed by atoms with E-state index in [0.717, 1.165) is 18.4 Å². The van der Waals surface area contributed by atoms with Crippen molar-refractivity contribution in [3.05, 3.63) is 11.6 Å². The van der Waals surface area contributed by atoms with E-state index in [-0.39, 0.29) is 16.7 Å². The van der Waals surface area contributed by atoms with Crippen LogP contribution in [0.3, 0.4) is 0 Å². The molecule has 3 fully saturated rings. The van der Waals surface area contributed by atoms with Crippen molar-refractivity contribution < 1.29 is 9.90 Å². The van der Waals surface area contributed by atoms with Gasteiger partial charge in [0.2, 0.25) is 0 Å². The lowest BCUT2D eigenvalue weighted by atomic mass is 9.66. The van der Waals surface area contributed by atoms with Crippen LogP contribution in [0.2, 0.25) is 0 Å². The normalized spacial score (nSPS) is 59.5. The zero-order valence-corrected chi connectivity index (χ0v) is 10.6. The first-order valence-corrected chi connectivity index (χ1v) is 6.89. The molecular weight excluding hydrogens is 212 g/mol. The van der Waals surface area contributed by atoms with Gasteiger partial charge in [-0.15, -0.1) is 0 Å². The first-order valence-electron chi connectivity index (χ1n) is 6.89. The van der Waals surface area contributed by atoms with Crippen LogP contribution in [0.1, 0.15) is 46.0 Å². The molecule has 0 unspecified atom stereocenters. The van der Waals surface area contributed by atoms with Gasteiger partial charge < -0.3 is 5.11 Å². The van der Waals surface area contributed by atoms with Gasteiger partial charge in [-0.05, 0) is 32.1 Å². The van der Waals surface area contributed by atoms with Crippen molar-refractivity contribution in [3.8, 4) is 0 Å². The number of ketones is 1. The van der Waals surface area contributed by atoms with Crippen molar-refractivity contribution in [2.24, 2.45) is 22.7 Å². The molecule has 3 saturated carbocycles. The van der Waals surface area contributed by atoms with Crippen LogP contribution in [-0.2, 0) is 4.79 Å². The quantitative estimate of drug-likeness (QED) is 0.651. The molecule has 2 nitrogen and oxygen atoms in total. The van der Waals surface area contributed by atoms with Gasteiger partial charge in [-0.25, -0.2) is 0 Å². The van der Waals surface area contributed by atoms with Gasteiger partial charge in [0.25, 0.3) is 0 Å². The van der Waals surface area contributed by atoms with Gasteiger partial charge in [0.15, 0.2) is 0 Å². The molecule has 0 heterocycles. The molecule has 92 valence electrons. The Morgan fingerprint density at radius 1 is 1.47 bits per heavy atom. The van der Waals surface area contributed by atoms with Crippen LogP contribution >= 0.6 is 0 Å². The molecule has 0 aliphatic heterocycles. The van der Waals surface area contributed by atoms with Crippen molar-refractivity contribution in [1.29, 1.82) is 0 Å². The van der Waals surface area contributed by atoms with E-state index >= 15 is 0 Å². The number of aliphatic hydroxyl groups is 1. The molecule has 1 spiro atoms. The third kappa shape index (κ3) is 0.779. The fourth-order valence-corrected chi connectivity index (χ4v) is 6.15. The fraction of sp³-hybridized carbons (Fsp3) is 0.800. The first kappa shape index (κ1) is 10.3. The summed E-state index contributed by atoms with van der Waals surface area (Å²) >= 11 is 0. The van der Waals surface area contributed by atoms with Crippen LogP contribution in [-0.4, -0.2) is 16.5 Å². The van der Waals surface area contributed by atoms with Crippen LogP contribution in [0.25, 0.3) is 0 Å². The van der Waals surface area contributed by atoms with Crippen molar-refractivity contribution in [1.82, 2.24) is 0 Å². The highest BCUT2D eigenvalue weighted by Gasteiger charge is 2.79. The monoisotopic (exact) mass is 232 g/mol. The van der Waals surface area contributed by atoms with Gasteiger partial charge in [-0.1, -0.05) is 25.0 Å². The van der Waals surface area contributed by atoms with E-state index in [4.69, 9.17) is 0 Å². The minimum Gasteiger partial charge on any atom is -0.387 e. The zero-order valence-electron chi connectivity index (χ0n) is 10.6. The third-order valence-corrected chi connectivity index (χ3v) is 6.49. The Morgan fingerprint density at radius 2 is 2.24 bits per heavy atom. The molecular formula is C15H20O2. The summed E-state index contributed by atoms with van der Waals surface area (Å²) < 4.78 is 0. The summed E-state index contributed by atoms with van der Waals surface area (Å²) in [5.41, 5.74) is 0.168. The minimum absolute atomic E-state index is 0.0717. The second-order valence-electron chi connectivity index (χ2n) is 7.10. The summed E-state index contributed by atoms with van der Waals surface area (Å²) in [4.78, 5) is 12.3. The largest absolute Gasteiger partial charge is 0.387 e. The average molecular weight is 232 g/mol. The number of carbonyl (C=O) groups is 1. The van der Waals surface area contributed by atoms with Gasteiger partial charge in [-0.3, -0.25) is 4.79 Å². The molecule has 5 atom stereocenters. The van der Waals surface area contributed by atoms with E-state index in [9.17, 15) is 9.90 Å². The highest BCUT2D eigenvalue weighted by Crippen LogP contribution is 2.76. The van der Waals surface area contributed by atoms with E-state index < -0.39 is 5.60 Å². The van der Waals surface area contributed by atoms with Gasteiger partial charge in [0.1, 0.15) is 5.78 Å². The molecule has 0 amide bonds. The maximum absolute atomic E-state index is 12.3. The van der Waals surface area contributed by atoms with Crippen LogP contribution in [0.15, 0.2) is 11.6 Å². The minimum atomic E-state index is -0.748. The molecule has 0 aromatic heterocycles. The Hall–Kier alpha value is -0.630. The fourth-order valence-electron chi connectivity index (χ4n) is 6.15. The highest BCUT2D eigenvalue weighted by molar-refractivity contribution is 5.91. The third-order valence-electron chi connectivity index (χ3n) is 6.49. The molecule has 0 bridgehead atoms. The SMILES string of the molecule is CC1=C[C@]2(C)C[C@H]3CCC[C@]34CC(=O)[C@H]1[C@@]42O. The number of Topliss-reactive ketones (excluding diaryl/α,β-unsaturated/α-hetero) is 1. The van der Waals surface area contributed by atoms with E-state index in [1.807, 2.05) is 6.92 Å². The van der Waals surface area contributed by atoms with Crippen molar-refractivity contribution in [2.75, 3.05) is 0 Å². The molecule has 2 heteroatoms. The zero-order chi connectivity index (χ0) is 12.1. The predicted molar refractivity (Wildman–Crippen MR) is 64.3 cm³/mol. The Labute approximate surface area is 102 Å². The van der Waals surface area contributed by atoms with Crippen LogP contribution in [0.4, 0.5) is 0 Å². The van der Waals surface area contributed by atoms with Crippen molar-refractivity contribution in [2.45, 2.75) is 51.6 Å². The number of hydrogen-bond acceptors (Lipinski definition) is 2. The van der Waals surface area contributed by atoms with E-state index in [1.54, 1.807) is 0 Å². The second-order valence-corrected chi connectivity index (χ2v) is 7.10. The van der Waals surface area contributed by atoms with Crippen LogP contribution in [0, 0.1) is 22.7 Å². The molecule has 0 radical (unpaired) electrons. The van der Waals surface area contributed by atoms with Gasteiger partial charge >= 0.3 is 0 Å². The van der Waals surface area contributed by atoms with Crippen molar-refractivity contribution in [3.63, 3.8) is 0 Å². The topological polar surface area (TPSA) is 37.3 Å². The predicted octanol–water partition coefficient (Wildman–Crippen LogP) is 2.46. The second kappa shape index (κ2) is 2.54. The van der Waals surface area contributed by atoms with E-state index in [1.165, 1.54) is 12.8 Å². The van der Waals surface area contributed by atoms with Crippen LogP contribution in [0.5, 0.6) is 0 Å². The van der Waals surface area contributed by atoms with E-state index in [0.29, 0.717) is 18.1 Å². The number of hydrogen-bond donors (Lipinski definition) is 1. The molecule has 0 aromatic rings. The molecule has 1 N–H and O–H groups in total. The van der Waals surface area contributed by atoms with Crippen molar-refractivity contribution >= 4 is 5.78 Å². The highest BCUT2D eigenvalue weighted by atomic mass is 16.3. The Balaban J connectivity index is 2.00. The summed E-state index contributed by atoms with van der Waals surface area (Å²) in [6, 6.07) is 0. The number of carbonyl (C=O) groups excluding carboxylic acids is 1. The van der Waals surface area contributed by atoms with E-state index in [2.05, 4.69) is 13.0 Å². The summed E-state index contributed by atoms with van der Waals surface area (Å²) in [7, 11) is 0. The molecule has 0 aromatic carbocycles. The lowest BCUT2D eigenvalue weighted by molar-refractivity contribution is -0.128. The maximum atomic E-state index is 12.3. The standard InChI is InChI=1S/C15H20O2/c1-9-6-13(2)7-10-4-3-5-14(10)8-11(16)12(9)15(13,14)17/h6,10,12,17H,3-5,7-8H2,1-2H3/t10-,12+,13-,14+,15+/m1/s1. The summed E-state index contributed by atoms with van der Waals surface area (Å²) in [6.45, 7) is 4.21. The van der Waals surface area contributed by atoms with Gasteiger partial charge in [0.05, 0.1) is 11.5 Å². The summed E-state index contributed by atoms with van der Waals surface area (Å²) in [5, 5.41) is 11.4. The summed E-state index contributed by atoms with van der Waals surface area (Å²) in [6.07, 6.45) is 7.42. The Bertz CT molecular complexity index is 466. The molecule has 4 aliphatic carbocycles.